The number of pyridine rings is 1. The lowest BCUT2D eigenvalue weighted by Gasteiger charge is -2.10. The Hall–Kier alpha value is -2.89. The summed E-state index contributed by atoms with van der Waals surface area (Å²) in [5.74, 6) is -0.804. The molecular formula is C20H21F2N5O3S. The Kier molecular flexibility index (Phi) is 6.25. The Labute approximate surface area is 178 Å². The molecule has 4 rings (SSSR count). The van der Waals surface area contributed by atoms with E-state index >= 15 is 0 Å². The molecule has 0 bridgehead atoms. The monoisotopic (exact) mass is 449 g/mol. The predicted octanol–water partition coefficient (Wildman–Crippen LogP) is 2.47. The maximum Gasteiger partial charge on any atom is 0.242 e. The van der Waals surface area contributed by atoms with Crippen molar-refractivity contribution in [1.82, 2.24) is 19.5 Å². The van der Waals surface area contributed by atoms with Crippen LogP contribution in [0.3, 0.4) is 0 Å². The molecule has 3 heterocycles. The molecule has 2 N–H and O–H groups in total. The number of ether oxygens (including phenoxy) is 1. The number of anilines is 1. The molecule has 31 heavy (non-hydrogen) atoms. The molecule has 0 spiro atoms. The molecular weight excluding hydrogens is 428 g/mol. The minimum absolute atomic E-state index is 0.0660. The van der Waals surface area contributed by atoms with E-state index < -0.39 is 21.7 Å². The highest BCUT2D eigenvalue weighted by molar-refractivity contribution is 7.89. The first-order chi connectivity index (χ1) is 14.9. The Morgan fingerprint density at radius 2 is 1.97 bits per heavy atom. The van der Waals surface area contributed by atoms with Gasteiger partial charge in [-0.15, -0.1) is 0 Å². The molecule has 0 radical (unpaired) electrons. The van der Waals surface area contributed by atoms with Crippen LogP contribution in [0, 0.1) is 17.6 Å². The van der Waals surface area contributed by atoms with E-state index in [-0.39, 0.29) is 23.0 Å². The molecule has 11 heteroatoms. The van der Waals surface area contributed by atoms with Crippen LogP contribution < -0.4 is 10.0 Å². The van der Waals surface area contributed by atoms with E-state index in [0.29, 0.717) is 31.3 Å². The Morgan fingerprint density at radius 1 is 1.16 bits per heavy atom. The van der Waals surface area contributed by atoms with Crippen molar-refractivity contribution in [1.29, 1.82) is 0 Å². The molecule has 1 aliphatic heterocycles. The lowest BCUT2D eigenvalue weighted by Crippen LogP contribution is -2.29. The van der Waals surface area contributed by atoms with E-state index in [0.717, 1.165) is 23.2 Å². The average molecular weight is 449 g/mol. The maximum absolute atomic E-state index is 13.9. The van der Waals surface area contributed by atoms with Gasteiger partial charge in [0.25, 0.3) is 0 Å². The van der Waals surface area contributed by atoms with Crippen LogP contribution in [0.5, 0.6) is 0 Å². The first-order valence-electron chi connectivity index (χ1n) is 9.68. The van der Waals surface area contributed by atoms with Crippen molar-refractivity contribution in [2.75, 3.05) is 25.1 Å². The number of benzene rings is 1. The van der Waals surface area contributed by atoms with Gasteiger partial charge in [0, 0.05) is 25.5 Å². The standard InChI is InChI=1S/C20H21F2N5O3S/c21-17-2-1-3-18(22)20(17)27-8-6-15(26-27)11-23-19-5-4-16(12-24-19)31(28,29)25-10-14-7-9-30-13-14/h1-6,8,12,14,25H,7,9-11,13H2,(H,23,24). The molecule has 1 aromatic carbocycles. The van der Waals surface area contributed by atoms with Crippen molar-refractivity contribution >= 4 is 15.8 Å². The normalized spacial score (nSPS) is 16.5. The molecule has 0 amide bonds. The molecule has 1 saturated heterocycles. The molecule has 1 aliphatic rings. The minimum atomic E-state index is -3.65. The second-order valence-electron chi connectivity index (χ2n) is 7.14. The number of halogens is 2. The number of rotatable bonds is 8. The van der Waals surface area contributed by atoms with Crippen molar-refractivity contribution in [3.05, 3.63) is 66.1 Å². The molecule has 164 valence electrons. The zero-order chi connectivity index (χ0) is 21.8. The van der Waals surface area contributed by atoms with Crippen molar-refractivity contribution in [2.45, 2.75) is 17.9 Å². The molecule has 2 aromatic heterocycles. The van der Waals surface area contributed by atoms with Gasteiger partial charge in [0.05, 0.1) is 18.8 Å². The highest BCUT2D eigenvalue weighted by atomic mass is 32.2. The second kappa shape index (κ2) is 9.08. The minimum Gasteiger partial charge on any atom is -0.381 e. The van der Waals surface area contributed by atoms with Crippen LogP contribution in [0.25, 0.3) is 5.69 Å². The maximum atomic E-state index is 13.9. The highest BCUT2D eigenvalue weighted by Crippen LogP contribution is 2.18. The molecule has 0 saturated carbocycles. The van der Waals surface area contributed by atoms with E-state index in [1.165, 1.54) is 24.5 Å². The largest absolute Gasteiger partial charge is 0.381 e. The SMILES string of the molecule is O=S(=O)(NCC1CCOC1)c1ccc(NCc2ccn(-c3c(F)cccc3F)n2)nc1. The van der Waals surface area contributed by atoms with Gasteiger partial charge in [-0.2, -0.15) is 5.10 Å². The quantitative estimate of drug-likeness (QED) is 0.548. The zero-order valence-corrected chi connectivity index (χ0v) is 17.3. The Balaban J connectivity index is 1.36. The number of hydrogen-bond donors (Lipinski definition) is 2. The number of nitrogens with zero attached hydrogens (tertiary/aromatic N) is 3. The van der Waals surface area contributed by atoms with Gasteiger partial charge in [0.1, 0.15) is 16.4 Å². The molecule has 1 unspecified atom stereocenters. The summed E-state index contributed by atoms with van der Waals surface area (Å²) in [4.78, 5) is 4.19. The van der Waals surface area contributed by atoms with Crippen LogP contribution in [0.15, 0.2) is 53.7 Å². The van der Waals surface area contributed by atoms with Gasteiger partial charge < -0.3 is 10.1 Å². The number of sulfonamides is 1. The Morgan fingerprint density at radius 3 is 2.65 bits per heavy atom. The predicted molar refractivity (Wildman–Crippen MR) is 109 cm³/mol. The molecule has 1 fully saturated rings. The molecule has 0 aliphatic carbocycles. The molecule has 8 nitrogen and oxygen atoms in total. The summed E-state index contributed by atoms with van der Waals surface area (Å²) in [5, 5.41) is 7.17. The van der Waals surface area contributed by atoms with Crippen molar-refractivity contribution in [3.63, 3.8) is 0 Å². The van der Waals surface area contributed by atoms with Gasteiger partial charge in [0.15, 0.2) is 11.6 Å². The van der Waals surface area contributed by atoms with Gasteiger partial charge in [-0.3, -0.25) is 0 Å². The van der Waals surface area contributed by atoms with Crippen molar-refractivity contribution < 1.29 is 21.9 Å². The zero-order valence-electron chi connectivity index (χ0n) is 16.5. The number of para-hydroxylation sites is 1. The van der Waals surface area contributed by atoms with Gasteiger partial charge in [0.2, 0.25) is 10.0 Å². The Bertz CT molecular complexity index is 1130. The van der Waals surface area contributed by atoms with Crippen molar-refractivity contribution in [2.24, 2.45) is 5.92 Å². The van der Waals surface area contributed by atoms with Crippen LogP contribution in [-0.2, 0) is 21.3 Å². The summed E-state index contributed by atoms with van der Waals surface area (Å²) in [6.45, 7) is 1.78. The van der Waals surface area contributed by atoms with E-state index in [1.807, 2.05) is 0 Å². The van der Waals surface area contributed by atoms with Crippen LogP contribution >= 0.6 is 0 Å². The third-order valence-electron chi connectivity index (χ3n) is 4.89. The average Bonchev–Trinajstić information content (AvgIpc) is 3.43. The summed E-state index contributed by atoms with van der Waals surface area (Å²) in [6, 6.07) is 8.22. The number of aromatic nitrogens is 3. The lowest BCUT2D eigenvalue weighted by molar-refractivity contribution is 0.186. The molecule has 3 aromatic rings. The van der Waals surface area contributed by atoms with E-state index in [2.05, 4.69) is 20.1 Å². The highest BCUT2D eigenvalue weighted by Gasteiger charge is 2.20. The second-order valence-corrected chi connectivity index (χ2v) is 8.90. The summed E-state index contributed by atoms with van der Waals surface area (Å²) >= 11 is 0. The summed E-state index contributed by atoms with van der Waals surface area (Å²) in [5.41, 5.74) is 0.278. The fourth-order valence-electron chi connectivity index (χ4n) is 3.17. The van der Waals surface area contributed by atoms with Crippen LogP contribution in [0.1, 0.15) is 12.1 Å². The van der Waals surface area contributed by atoms with Crippen LogP contribution in [0.4, 0.5) is 14.6 Å². The molecule has 1 atom stereocenters. The summed E-state index contributed by atoms with van der Waals surface area (Å²) in [6.07, 6.45) is 3.56. The summed E-state index contributed by atoms with van der Waals surface area (Å²) < 4.78 is 61.5. The number of nitrogens with one attached hydrogen (secondary N) is 2. The van der Waals surface area contributed by atoms with Crippen molar-refractivity contribution in [3.8, 4) is 5.69 Å². The van der Waals surface area contributed by atoms with Gasteiger partial charge in [-0.1, -0.05) is 6.07 Å². The fourth-order valence-corrected chi connectivity index (χ4v) is 4.23. The first-order valence-corrected chi connectivity index (χ1v) is 11.2. The van der Waals surface area contributed by atoms with E-state index in [4.69, 9.17) is 4.74 Å². The van der Waals surface area contributed by atoms with E-state index in [1.54, 1.807) is 12.1 Å². The van der Waals surface area contributed by atoms with Gasteiger partial charge in [-0.25, -0.2) is 31.6 Å². The topological polar surface area (TPSA) is 98.1 Å². The van der Waals surface area contributed by atoms with Gasteiger partial charge >= 0.3 is 0 Å². The third kappa shape index (κ3) is 5.06. The van der Waals surface area contributed by atoms with Gasteiger partial charge in [-0.05, 0) is 42.7 Å². The number of hydrogen-bond acceptors (Lipinski definition) is 6. The fraction of sp³-hybridized carbons (Fsp3) is 0.300. The first kappa shape index (κ1) is 21.3. The lowest BCUT2D eigenvalue weighted by atomic mass is 10.1. The van der Waals surface area contributed by atoms with Crippen LogP contribution in [-0.4, -0.2) is 42.9 Å². The third-order valence-corrected chi connectivity index (χ3v) is 6.30. The van der Waals surface area contributed by atoms with E-state index in [9.17, 15) is 17.2 Å². The summed E-state index contributed by atoms with van der Waals surface area (Å²) in [7, 11) is -3.65. The smallest absolute Gasteiger partial charge is 0.242 e. The van der Waals surface area contributed by atoms with Crippen LogP contribution in [0.2, 0.25) is 0 Å².